The van der Waals surface area contributed by atoms with Gasteiger partial charge in [-0.05, 0) is 31.0 Å². The van der Waals surface area contributed by atoms with Crippen molar-refractivity contribution in [3.63, 3.8) is 0 Å². The molecule has 7 nitrogen and oxygen atoms in total. The van der Waals surface area contributed by atoms with E-state index < -0.39 is 5.97 Å². The molecule has 3 aromatic rings. The molecule has 2 aromatic carbocycles. The Morgan fingerprint density at radius 1 is 1.03 bits per heavy atom. The zero-order chi connectivity index (χ0) is 22.2. The molecule has 0 saturated carbocycles. The molecule has 1 heterocycles. The molecule has 0 atom stereocenters. The molecule has 0 bridgehead atoms. The molecule has 0 aliphatic heterocycles. The van der Waals surface area contributed by atoms with Gasteiger partial charge in [-0.15, -0.1) is 0 Å². The maximum absolute atomic E-state index is 13.1. The minimum Gasteiger partial charge on any atom is -0.461 e. The summed E-state index contributed by atoms with van der Waals surface area (Å²) in [7, 11) is 1.78. The highest BCUT2D eigenvalue weighted by Gasteiger charge is 2.29. The van der Waals surface area contributed by atoms with Crippen LogP contribution in [0.1, 0.15) is 42.1 Å². The first-order valence-corrected chi connectivity index (χ1v) is 10.4. The summed E-state index contributed by atoms with van der Waals surface area (Å²) in [6.45, 7) is 4.37. The van der Waals surface area contributed by atoms with E-state index in [0.29, 0.717) is 36.7 Å². The lowest BCUT2D eigenvalue weighted by Gasteiger charge is -2.21. The third-order valence-electron chi connectivity index (χ3n) is 4.82. The Balaban J connectivity index is 2.00. The lowest BCUT2D eigenvalue weighted by Crippen LogP contribution is -2.37. The minimum atomic E-state index is -0.500. The zero-order valence-corrected chi connectivity index (χ0v) is 18.2. The lowest BCUT2D eigenvalue weighted by molar-refractivity contribution is 0.0516. The van der Waals surface area contributed by atoms with Gasteiger partial charge in [0.2, 0.25) is 0 Å². The predicted octanol–water partition coefficient (Wildman–Crippen LogP) is 4.64. The maximum Gasteiger partial charge on any atom is 0.358 e. The molecule has 1 aromatic heterocycles. The zero-order valence-electron chi connectivity index (χ0n) is 18.2. The number of urea groups is 1. The van der Waals surface area contributed by atoms with Crippen molar-refractivity contribution >= 4 is 23.5 Å². The third-order valence-corrected chi connectivity index (χ3v) is 4.82. The normalized spacial score (nSPS) is 10.5. The SMILES string of the molecule is CCCN(C(=O)Nc1ccccc1)c1nc(Cc2ccccc2)n(C)c1C(=O)OCC. The first-order chi connectivity index (χ1) is 15.0. The van der Waals surface area contributed by atoms with Crippen LogP contribution in [0.4, 0.5) is 16.3 Å². The van der Waals surface area contributed by atoms with E-state index in [9.17, 15) is 9.59 Å². The minimum absolute atomic E-state index is 0.238. The molecular formula is C24H28N4O3. The van der Waals surface area contributed by atoms with Gasteiger partial charge in [-0.2, -0.15) is 0 Å². The van der Waals surface area contributed by atoms with Crippen molar-refractivity contribution in [2.75, 3.05) is 23.4 Å². The van der Waals surface area contributed by atoms with Crippen molar-refractivity contribution < 1.29 is 14.3 Å². The Hall–Kier alpha value is -3.61. The Labute approximate surface area is 182 Å². The largest absolute Gasteiger partial charge is 0.461 e. The average molecular weight is 421 g/mol. The molecule has 0 aliphatic rings. The van der Waals surface area contributed by atoms with Gasteiger partial charge in [0.15, 0.2) is 11.5 Å². The second kappa shape index (κ2) is 10.4. The summed E-state index contributed by atoms with van der Waals surface area (Å²) in [6, 6.07) is 18.7. The number of amides is 2. The molecule has 0 aliphatic carbocycles. The topological polar surface area (TPSA) is 76.5 Å². The van der Waals surface area contributed by atoms with Crippen molar-refractivity contribution in [3.05, 3.63) is 77.7 Å². The Kier molecular flexibility index (Phi) is 7.43. The number of ether oxygens (including phenoxy) is 1. The number of aromatic nitrogens is 2. The number of imidazole rings is 1. The number of benzene rings is 2. The van der Waals surface area contributed by atoms with E-state index in [1.165, 1.54) is 4.90 Å². The second-order valence-corrected chi connectivity index (χ2v) is 7.09. The molecule has 0 saturated heterocycles. The number of hydrogen-bond donors (Lipinski definition) is 1. The summed E-state index contributed by atoms with van der Waals surface area (Å²) >= 11 is 0. The van der Waals surface area contributed by atoms with E-state index in [2.05, 4.69) is 5.32 Å². The number of carbonyl (C=O) groups excluding carboxylic acids is 2. The predicted molar refractivity (Wildman–Crippen MR) is 122 cm³/mol. The van der Waals surface area contributed by atoms with Gasteiger partial charge in [-0.3, -0.25) is 4.90 Å². The van der Waals surface area contributed by atoms with Crippen molar-refractivity contribution in [1.29, 1.82) is 0 Å². The standard InChI is InChI=1S/C24H28N4O3/c1-4-16-28(24(30)25-19-14-10-7-11-15-19)22-21(23(29)31-5-2)27(3)20(26-22)17-18-12-8-6-9-13-18/h6-15H,4-5,16-17H2,1-3H3,(H,25,30). The number of carbonyl (C=O) groups is 2. The summed E-state index contributed by atoms with van der Waals surface area (Å²) in [6.07, 6.45) is 1.24. The van der Waals surface area contributed by atoms with Gasteiger partial charge in [-0.1, -0.05) is 55.5 Å². The van der Waals surface area contributed by atoms with Crippen LogP contribution in [-0.4, -0.2) is 34.7 Å². The Morgan fingerprint density at radius 3 is 2.29 bits per heavy atom. The molecule has 0 unspecified atom stereocenters. The Morgan fingerprint density at radius 2 is 1.68 bits per heavy atom. The summed E-state index contributed by atoms with van der Waals surface area (Å²) in [5.74, 6) is 0.487. The van der Waals surface area contributed by atoms with Crippen LogP contribution in [0.2, 0.25) is 0 Å². The van der Waals surface area contributed by atoms with Crippen LogP contribution in [0, 0.1) is 0 Å². The quantitative estimate of drug-likeness (QED) is 0.539. The molecule has 162 valence electrons. The van der Waals surface area contributed by atoms with E-state index in [4.69, 9.17) is 9.72 Å². The number of esters is 1. The van der Waals surface area contributed by atoms with Gasteiger partial charge < -0.3 is 14.6 Å². The van der Waals surface area contributed by atoms with Gasteiger partial charge in [0, 0.05) is 25.7 Å². The monoisotopic (exact) mass is 420 g/mol. The summed E-state index contributed by atoms with van der Waals surface area (Å²) in [4.78, 5) is 32.2. The van der Waals surface area contributed by atoms with E-state index in [1.807, 2.05) is 67.6 Å². The number of para-hydroxylation sites is 1. The molecule has 7 heteroatoms. The highest BCUT2D eigenvalue weighted by molar-refractivity contribution is 6.05. The fourth-order valence-electron chi connectivity index (χ4n) is 3.32. The fourth-order valence-corrected chi connectivity index (χ4v) is 3.32. The lowest BCUT2D eigenvalue weighted by atomic mass is 10.1. The van der Waals surface area contributed by atoms with Gasteiger partial charge >= 0.3 is 12.0 Å². The number of hydrogen-bond acceptors (Lipinski definition) is 4. The molecule has 1 N–H and O–H groups in total. The number of rotatable bonds is 8. The fraction of sp³-hybridized carbons (Fsp3) is 0.292. The Bertz CT molecular complexity index is 1020. The van der Waals surface area contributed by atoms with Crippen molar-refractivity contribution in [2.45, 2.75) is 26.7 Å². The second-order valence-electron chi connectivity index (χ2n) is 7.09. The molecule has 0 spiro atoms. The van der Waals surface area contributed by atoms with Crippen molar-refractivity contribution in [2.24, 2.45) is 7.05 Å². The van der Waals surface area contributed by atoms with Gasteiger partial charge in [-0.25, -0.2) is 14.6 Å². The van der Waals surface area contributed by atoms with Crippen LogP contribution < -0.4 is 10.2 Å². The van der Waals surface area contributed by atoms with E-state index in [0.717, 1.165) is 5.56 Å². The van der Waals surface area contributed by atoms with Gasteiger partial charge in [0.1, 0.15) is 5.82 Å². The van der Waals surface area contributed by atoms with Crippen molar-refractivity contribution in [1.82, 2.24) is 9.55 Å². The number of anilines is 2. The maximum atomic E-state index is 13.1. The molecular weight excluding hydrogens is 392 g/mol. The van der Waals surface area contributed by atoms with Crippen LogP contribution in [-0.2, 0) is 18.2 Å². The van der Waals surface area contributed by atoms with Crippen molar-refractivity contribution in [3.8, 4) is 0 Å². The first kappa shape index (κ1) is 22.1. The van der Waals surface area contributed by atoms with Gasteiger partial charge in [0.25, 0.3) is 0 Å². The van der Waals surface area contributed by atoms with E-state index >= 15 is 0 Å². The molecule has 3 rings (SSSR count). The highest BCUT2D eigenvalue weighted by Crippen LogP contribution is 2.25. The third kappa shape index (κ3) is 5.31. The first-order valence-electron chi connectivity index (χ1n) is 10.4. The summed E-state index contributed by atoms with van der Waals surface area (Å²) < 4.78 is 7.00. The smallest absolute Gasteiger partial charge is 0.358 e. The number of nitrogens with one attached hydrogen (secondary N) is 1. The molecule has 0 radical (unpaired) electrons. The number of nitrogens with zero attached hydrogens (tertiary/aromatic N) is 3. The van der Waals surface area contributed by atoms with Crippen LogP contribution in [0.5, 0.6) is 0 Å². The van der Waals surface area contributed by atoms with Gasteiger partial charge in [0.05, 0.1) is 6.61 Å². The summed E-state index contributed by atoms with van der Waals surface area (Å²) in [5.41, 5.74) is 2.00. The average Bonchev–Trinajstić information content (AvgIpc) is 3.09. The summed E-state index contributed by atoms with van der Waals surface area (Å²) in [5, 5.41) is 2.89. The van der Waals surface area contributed by atoms with Crippen LogP contribution >= 0.6 is 0 Å². The van der Waals surface area contributed by atoms with E-state index in [1.54, 1.807) is 18.5 Å². The highest BCUT2D eigenvalue weighted by atomic mass is 16.5. The molecule has 31 heavy (non-hydrogen) atoms. The molecule has 0 fully saturated rings. The van der Waals surface area contributed by atoms with Crippen LogP contribution in [0.3, 0.4) is 0 Å². The van der Waals surface area contributed by atoms with Crippen LogP contribution in [0.25, 0.3) is 0 Å². The van der Waals surface area contributed by atoms with Crippen LogP contribution in [0.15, 0.2) is 60.7 Å². The molecule has 2 amide bonds. The van der Waals surface area contributed by atoms with E-state index in [-0.39, 0.29) is 18.3 Å².